The molecule has 1 heterocycles. The van der Waals surface area contributed by atoms with Crippen molar-refractivity contribution >= 4 is 22.9 Å². The fourth-order valence-corrected chi connectivity index (χ4v) is 2.35. The average Bonchev–Trinajstić information content (AvgIpc) is 2.67. The summed E-state index contributed by atoms with van der Waals surface area (Å²) >= 11 is 0. The van der Waals surface area contributed by atoms with E-state index in [2.05, 4.69) is 15.3 Å². The summed E-state index contributed by atoms with van der Waals surface area (Å²) in [5, 5.41) is 2.65. The molecule has 0 atom stereocenters. The standard InChI is InChI=1S/C19H16FN3O3/c20-15-4-1-13(2-5-15)7-8-23-18(24)12-26-19(25)14-3-6-16-17(11-14)22-10-9-21-16/h1-6,9-11H,7-8,12H2,(H,23,24). The van der Waals surface area contributed by atoms with Gasteiger partial charge in [-0.1, -0.05) is 12.1 Å². The van der Waals surface area contributed by atoms with Gasteiger partial charge in [0.25, 0.3) is 5.91 Å². The second-order valence-electron chi connectivity index (χ2n) is 5.56. The summed E-state index contributed by atoms with van der Waals surface area (Å²) in [6.45, 7) is -0.00562. The van der Waals surface area contributed by atoms with Gasteiger partial charge in [-0.25, -0.2) is 9.18 Å². The number of hydrogen-bond donors (Lipinski definition) is 1. The first-order valence-electron chi connectivity index (χ1n) is 8.01. The van der Waals surface area contributed by atoms with Crippen LogP contribution in [0.1, 0.15) is 15.9 Å². The van der Waals surface area contributed by atoms with E-state index in [1.54, 1.807) is 36.5 Å². The van der Waals surface area contributed by atoms with E-state index < -0.39 is 11.9 Å². The fraction of sp³-hybridized carbons (Fsp3) is 0.158. The highest BCUT2D eigenvalue weighted by Gasteiger charge is 2.11. The number of ether oxygens (including phenoxy) is 1. The molecular weight excluding hydrogens is 337 g/mol. The molecule has 6 nitrogen and oxygen atoms in total. The molecule has 0 aliphatic rings. The first kappa shape index (κ1) is 17.5. The monoisotopic (exact) mass is 353 g/mol. The van der Waals surface area contributed by atoms with Crippen LogP contribution < -0.4 is 5.32 Å². The van der Waals surface area contributed by atoms with Crippen LogP contribution in [-0.2, 0) is 16.0 Å². The summed E-state index contributed by atoms with van der Waals surface area (Å²) in [5.41, 5.74) is 2.45. The third-order valence-corrected chi connectivity index (χ3v) is 3.69. The molecule has 132 valence electrons. The molecule has 0 bridgehead atoms. The predicted octanol–water partition coefficient (Wildman–Crippen LogP) is 2.28. The molecule has 0 spiro atoms. The number of nitrogens with one attached hydrogen (secondary N) is 1. The van der Waals surface area contributed by atoms with Gasteiger partial charge in [0.05, 0.1) is 16.6 Å². The van der Waals surface area contributed by atoms with Crippen LogP contribution in [0, 0.1) is 5.82 Å². The first-order valence-corrected chi connectivity index (χ1v) is 8.01. The Bertz CT molecular complexity index is 929. The molecule has 1 N–H and O–H groups in total. The Balaban J connectivity index is 1.45. The Labute approximate surface area is 149 Å². The highest BCUT2D eigenvalue weighted by atomic mass is 19.1. The van der Waals surface area contributed by atoms with Crippen LogP contribution >= 0.6 is 0 Å². The lowest BCUT2D eigenvalue weighted by Crippen LogP contribution is -2.30. The van der Waals surface area contributed by atoms with Crippen molar-refractivity contribution in [2.45, 2.75) is 6.42 Å². The number of carbonyl (C=O) groups excluding carboxylic acids is 2. The molecular formula is C19H16FN3O3. The molecule has 1 aromatic heterocycles. The van der Waals surface area contributed by atoms with Crippen LogP contribution in [0.2, 0.25) is 0 Å². The molecule has 3 aromatic rings. The summed E-state index contributed by atoms with van der Waals surface area (Å²) in [6, 6.07) is 10.9. The van der Waals surface area contributed by atoms with E-state index in [0.29, 0.717) is 29.6 Å². The molecule has 0 unspecified atom stereocenters. The van der Waals surface area contributed by atoms with Gasteiger partial charge >= 0.3 is 5.97 Å². The van der Waals surface area contributed by atoms with Gasteiger partial charge in [0.2, 0.25) is 0 Å². The second-order valence-corrected chi connectivity index (χ2v) is 5.56. The molecule has 2 aromatic carbocycles. The molecule has 0 saturated heterocycles. The zero-order chi connectivity index (χ0) is 18.4. The van der Waals surface area contributed by atoms with Crippen molar-refractivity contribution in [1.29, 1.82) is 0 Å². The lowest BCUT2D eigenvalue weighted by atomic mass is 10.1. The Kier molecular flexibility index (Phi) is 5.48. The van der Waals surface area contributed by atoms with E-state index in [0.717, 1.165) is 5.56 Å². The molecule has 0 aliphatic heterocycles. The van der Waals surface area contributed by atoms with E-state index in [9.17, 15) is 14.0 Å². The number of amides is 1. The lowest BCUT2D eigenvalue weighted by molar-refractivity contribution is -0.124. The number of carbonyl (C=O) groups is 2. The van der Waals surface area contributed by atoms with Crippen LogP contribution in [0.3, 0.4) is 0 Å². The van der Waals surface area contributed by atoms with Crippen molar-refractivity contribution in [2.75, 3.05) is 13.2 Å². The highest BCUT2D eigenvalue weighted by molar-refractivity contribution is 5.94. The zero-order valence-corrected chi connectivity index (χ0v) is 13.8. The van der Waals surface area contributed by atoms with E-state index in [4.69, 9.17) is 4.74 Å². The zero-order valence-electron chi connectivity index (χ0n) is 13.8. The molecule has 26 heavy (non-hydrogen) atoms. The maximum absolute atomic E-state index is 12.8. The predicted molar refractivity (Wildman–Crippen MR) is 92.9 cm³/mol. The Morgan fingerprint density at radius 3 is 2.50 bits per heavy atom. The van der Waals surface area contributed by atoms with Crippen molar-refractivity contribution < 1.29 is 18.7 Å². The maximum atomic E-state index is 12.8. The number of esters is 1. The quantitative estimate of drug-likeness (QED) is 0.688. The van der Waals surface area contributed by atoms with Gasteiger partial charge in [-0.05, 0) is 42.3 Å². The van der Waals surface area contributed by atoms with Gasteiger partial charge in [-0.15, -0.1) is 0 Å². The summed E-state index contributed by atoms with van der Waals surface area (Å²) in [5.74, 6) is -1.31. The van der Waals surface area contributed by atoms with Gasteiger partial charge in [0, 0.05) is 18.9 Å². The molecule has 0 saturated carbocycles. The van der Waals surface area contributed by atoms with Crippen molar-refractivity contribution in [3.63, 3.8) is 0 Å². The number of hydrogen-bond acceptors (Lipinski definition) is 5. The summed E-state index contributed by atoms with van der Waals surface area (Å²) in [7, 11) is 0. The smallest absolute Gasteiger partial charge is 0.338 e. The number of fused-ring (bicyclic) bond motifs is 1. The van der Waals surface area contributed by atoms with Crippen LogP contribution in [0.5, 0.6) is 0 Å². The minimum atomic E-state index is -0.605. The van der Waals surface area contributed by atoms with Gasteiger partial charge in [-0.3, -0.25) is 14.8 Å². The minimum Gasteiger partial charge on any atom is -0.452 e. The Hall–Kier alpha value is -3.35. The van der Waals surface area contributed by atoms with Crippen LogP contribution in [0.15, 0.2) is 54.9 Å². The largest absolute Gasteiger partial charge is 0.452 e. The molecule has 7 heteroatoms. The second kappa shape index (κ2) is 8.15. The van der Waals surface area contributed by atoms with Gasteiger partial charge < -0.3 is 10.1 Å². The Morgan fingerprint density at radius 1 is 1.00 bits per heavy atom. The van der Waals surface area contributed by atoms with Crippen LogP contribution in [0.4, 0.5) is 4.39 Å². The number of aromatic nitrogens is 2. The van der Waals surface area contributed by atoms with Crippen molar-refractivity contribution in [2.24, 2.45) is 0 Å². The lowest BCUT2D eigenvalue weighted by Gasteiger charge is -2.07. The van der Waals surface area contributed by atoms with Gasteiger partial charge in [0.15, 0.2) is 6.61 Å². The Morgan fingerprint density at radius 2 is 1.73 bits per heavy atom. The van der Waals surface area contributed by atoms with Crippen LogP contribution in [0.25, 0.3) is 11.0 Å². The molecule has 0 aliphatic carbocycles. The highest BCUT2D eigenvalue weighted by Crippen LogP contribution is 2.11. The van der Waals surface area contributed by atoms with Crippen molar-refractivity contribution in [3.05, 3.63) is 71.8 Å². The average molecular weight is 353 g/mol. The van der Waals surface area contributed by atoms with E-state index >= 15 is 0 Å². The summed E-state index contributed by atoms with van der Waals surface area (Å²) in [4.78, 5) is 32.0. The van der Waals surface area contributed by atoms with Gasteiger partial charge in [-0.2, -0.15) is 0 Å². The molecule has 0 fully saturated rings. The number of rotatable bonds is 6. The SMILES string of the molecule is O=C(COC(=O)c1ccc2nccnc2c1)NCCc1ccc(F)cc1. The molecule has 1 amide bonds. The maximum Gasteiger partial charge on any atom is 0.338 e. The first-order chi connectivity index (χ1) is 12.6. The van der Waals surface area contributed by atoms with Crippen molar-refractivity contribution in [3.8, 4) is 0 Å². The molecule has 0 radical (unpaired) electrons. The molecule has 3 rings (SSSR count). The summed E-state index contributed by atoms with van der Waals surface area (Å²) in [6.07, 6.45) is 3.66. The third-order valence-electron chi connectivity index (χ3n) is 3.69. The van der Waals surface area contributed by atoms with Gasteiger partial charge in [0.1, 0.15) is 5.82 Å². The van der Waals surface area contributed by atoms with E-state index in [1.165, 1.54) is 18.3 Å². The van der Waals surface area contributed by atoms with Crippen LogP contribution in [-0.4, -0.2) is 35.0 Å². The number of halogens is 1. The van der Waals surface area contributed by atoms with E-state index in [1.807, 2.05) is 0 Å². The van der Waals surface area contributed by atoms with Crippen molar-refractivity contribution in [1.82, 2.24) is 15.3 Å². The fourth-order valence-electron chi connectivity index (χ4n) is 2.35. The third kappa shape index (κ3) is 4.60. The number of nitrogens with zero attached hydrogens (tertiary/aromatic N) is 2. The normalized spacial score (nSPS) is 10.5. The topological polar surface area (TPSA) is 81.2 Å². The minimum absolute atomic E-state index is 0.302. The number of benzene rings is 2. The summed E-state index contributed by atoms with van der Waals surface area (Å²) < 4.78 is 17.8. The van der Waals surface area contributed by atoms with E-state index in [-0.39, 0.29) is 12.4 Å².